The van der Waals surface area contributed by atoms with Crippen LogP contribution in [0.5, 0.6) is 0 Å². The summed E-state index contributed by atoms with van der Waals surface area (Å²) < 4.78 is 12.6. The van der Waals surface area contributed by atoms with E-state index in [4.69, 9.17) is 5.73 Å². The third-order valence-electron chi connectivity index (χ3n) is 2.00. The van der Waals surface area contributed by atoms with Crippen LogP contribution in [0.15, 0.2) is 36.4 Å². The number of amides is 1. The number of rotatable bonds is 5. The summed E-state index contributed by atoms with van der Waals surface area (Å²) in [7, 11) is 0. The van der Waals surface area contributed by atoms with E-state index in [2.05, 4.69) is 5.32 Å². The second-order valence-electron chi connectivity index (χ2n) is 3.31. The van der Waals surface area contributed by atoms with E-state index in [-0.39, 0.29) is 18.1 Å². The number of nitrogens with one attached hydrogen (secondary N) is 1. The maximum Gasteiger partial charge on any atom is 0.224 e. The van der Waals surface area contributed by atoms with Gasteiger partial charge in [-0.25, -0.2) is 4.39 Å². The van der Waals surface area contributed by atoms with Crippen LogP contribution in [0.3, 0.4) is 0 Å². The molecule has 0 bridgehead atoms. The average molecular weight is 222 g/mol. The third kappa shape index (κ3) is 4.70. The lowest BCUT2D eigenvalue weighted by Crippen LogP contribution is -2.25. The summed E-state index contributed by atoms with van der Waals surface area (Å²) >= 11 is 0. The van der Waals surface area contributed by atoms with E-state index in [1.807, 2.05) is 0 Å². The number of hydrogen-bond acceptors (Lipinski definition) is 2. The molecule has 0 aromatic heterocycles. The van der Waals surface area contributed by atoms with Crippen molar-refractivity contribution in [1.82, 2.24) is 5.32 Å². The fourth-order valence-electron chi connectivity index (χ4n) is 1.20. The van der Waals surface area contributed by atoms with Crippen LogP contribution in [0, 0.1) is 5.82 Å². The molecule has 1 amide bonds. The van der Waals surface area contributed by atoms with Gasteiger partial charge in [0.2, 0.25) is 5.91 Å². The summed E-state index contributed by atoms with van der Waals surface area (Å²) in [5.41, 5.74) is 6.04. The number of carbonyl (C=O) groups is 1. The summed E-state index contributed by atoms with van der Waals surface area (Å²) in [5, 5.41) is 2.71. The quantitative estimate of drug-likeness (QED) is 0.730. The van der Waals surface area contributed by atoms with Crippen molar-refractivity contribution in [2.45, 2.75) is 6.42 Å². The minimum absolute atomic E-state index is 0.0896. The maximum atomic E-state index is 12.6. The SMILES string of the molecule is NC/C=C/CNC(=O)Cc1ccc(F)cc1. The van der Waals surface area contributed by atoms with E-state index >= 15 is 0 Å². The van der Waals surface area contributed by atoms with Gasteiger partial charge in [-0.15, -0.1) is 0 Å². The van der Waals surface area contributed by atoms with Crippen molar-refractivity contribution in [3.8, 4) is 0 Å². The first-order valence-corrected chi connectivity index (χ1v) is 5.08. The zero-order valence-electron chi connectivity index (χ0n) is 8.95. The van der Waals surface area contributed by atoms with Gasteiger partial charge in [-0.3, -0.25) is 4.79 Å². The summed E-state index contributed by atoms with van der Waals surface area (Å²) in [6.45, 7) is 0.936. The molecule has 86 valence electrons. The first-order valence-electron chi connectivity index (χ1n) is 5.08. The number of carbonyl (C=O) groups excluding carboxylic acids is 1. The van der Waals surface area contributed by atoms with Gasteiger partial charge in [0.25, 0.3) is 0 Å². The maximum absolute atomic E-state index is 12.6. The highest BCUT2D eigenvalue weighted by Crippen LogP contribution is 2.03. The summed E-state index contributed by atoms with van der Waals surface area (Å²) in [5.74, 6) is -0.386. The lowest BCUT2D eigenvalue weighted by Gasteiger charge is -2.02. The molecule has 0 saturated carbocycles. The Morgan fingerprint density at radius 2 is 2.00 bits per heavy atom. The Morgan fingerprint density at radius 1 is 1.31 bits per heavy atom. The molecular formula is C12H15FN2O. The zero-order chi connectivity index (χ0) is 11.8. The van der Waals surface area contributed by atoms with Crippen LogP contribution in [0.2, 0.25) is 0 Å². The molecule has 0 spiro atoms. The highest BCUT2D eigenvalue weighted by Gasteiger charge is 2.01. The topological polar surface area (TPSA) is 55.1 Å². The van der Waals surface area contributed by atoms with Crippen LogP contribution in [-0.2, 0) is 11.2 Å². The van der Waals surface area contributed by atoms with Crippen molar-refractivity contribution in [3.05, 3.63) is 47.8 Å². The lowest BCUT2D eigenvalue weighted by atomic mass is 10.1. The lowest BCUT2D eigenvalue weighted by molar-refractivity contribution is -0.120. The van der Waals surface area contributed by atoms with Crippen molar-refractivity contribution in [1.29, 1.82) is 0 Å². The molecule has 4 heteroatoms. The molecule has 1 rings (SSSR count). The summed E-state index contributed by atoms with van der Waals surface area (Å²) in [6.07, 6.45) is 3.83. The molecule has 0 unspecified atom stereocenters. The molecule has 0 heterocycles. The van der Waals surface area contributed by atoms with Gasteiger partial charge in [-0.2, -0.15) is 0 Å². The highest BCUT2D eigenvalue weighted by atomic mass is 19.1. The van der Waals surface area contributed by atoms with Gasteiger partial charge in [-0.1, -0.05) is 24.3 Å². The number of benzene rings is 1. The molecule has 16 heavy (non-hydrogen) atoms. The Bertz CT molecular complexity index is 360. The minimum atomic E-state index is -0.296. The highest BCUT2D eigenvalue weighted by molar-refractivity contribution is 5.78. The molecule has 0 aliphatic carbocycles. The molecule has 0 aliphatic rings. The average Bonchev–Trinajstić information content (AvgIpc) is 2.28. The molecule has 0 saturated heterocycles. The van der Waals surface area contributed by atoms with Crippen molar-refractivity contribution < 1.29 is 9.18 Å². The van der Waals surface area contributed by atoms with Crippen LogP contribution < -0.4 is 11.1 Å². The predicted molar refractivity (Wildman–Crippen MR) is 61.3 cm³/mol. The van der Waals surface area contributed by atoms with E-state index in [0.29, 0.717) is 13.1 Å². The van der Waals surface area contributed by atoms with Crippen molar-refractivity contribution >= 4 is 5.91 Å². The molecular weight excluding hydrogens is 207 g/mol. The molecule has 0 atom stereocenters. The molecule has 3 nitrogen and oxygen atoms in total. The Labute approximate surface area is 94.1 Å². The van der Waals surface area contributed by atoms with Gasteiger partial charge in [0.1, 0.15) is 5.82 Å². The van der Waals surface area contributed by atoms with Crippen molar-refractivity contribution in [2.75, 3.05) is 13.1 Å². The van der Waals surface area contributed by atoms with Crippen molar-refractivity contribution in [3.63, 3.8) is 0 Å². The predicted octanol–water partition coefficient (Wildman–Crippen LogP) is 0.999. The van der Waals surface area contributed by atoms with E-state index in [9.17, 15) is 9.18 Å². The monoisotopic (exact) mass is 222 g/mol. The Hall–Kier alpha value is -1.68. The van der Waals surface area contributed by atoms with E-state index in [1.54, 1.807) is 24.3 Å². The van der Waals surface area contributed by atoms with Crippen molar-refractivity contribution in [2.24, 2.45) is 5.73 Å². The van der Waals surface area contributed by atoms with Gasteiger partial charge < -0.3 is 11.1 Å². The first kappa shape index (κ1) is 12.4. The molecule has 1 aromatic carbocycles. The molecule has 3 N–H and O–H groups in total. The van der Waals surface area contributed by atoms with Gasteiger partial charge in [0.05, 0.1) is 6.42 Å². The van der Waals surface area contributed by atoms with E-state index < -0.39 is 0 Å². The third-order valence-corrected chi connectivity index (χ3v) is 2.00. The Kier molecular flexibility index (Phi) is 5.22. The van der Waals surface area contributed by atoms with Crippen LogP contribution in [0.4, 0.5) is 4.39 Å². The van der Waals surface area contributed by atoms with Crippen LogP contribution in [0.1, 0.15) is 5.56 Å². The Balaban J connectivity index is 2.34. The fourth-order valence-corrected chi connectivity index (χ4v) is 1.20. The number of hydrogen-bond donors (Lipinski definition) is 2. The summed E-state index contributed by atoms with van der Waals surface area (Å²) in [4.78, 5) is 11.4. The van der Waals surface area contributed by atoms with Gasteiger partial charge in [0, 0.05) is 13.1 Å². The number of nitrogens with two attached hydrogens (primary N) is 1. The standard InChI is InChI=1S/C12H15FN2O/c13-11-5-3-10(4-6-11)9-12(16)15-8-2-1-7-14/h1-6H,7-9,14H2,(H,15,16)/b2-1+. The molecule has 0 aliphatic heterocycles. The zero-order valence-corrected chi connectivity index (χ0v) is 8.95. The molecule has 0 fully saturated rings. The number of halogens is 1. The van der Waals surface area contributed by atoms with Gasteiger partial charge >= 0.3 is 0 Å². The van der Waals surface area contributed by atoms with Gasteiger partial charge in [-0.05, 0) is 17.7 Å². The van der Waals surface area contributed by atoms with Gasteiger partial charge in [0.15, 0.2) is 0 Å². The summed E-state index contributed by atoms with van der Waals surface area (Å²) in [6, 6.07) is 5.89. The fraction of sp³-hybridized carbons (Fsp3) is 0.250. The van der Waals surface area contributed by atoms with Crippen LogP contribution in [-0.4, -0.2) is 19.0 Å². The van der Waals surface area contributed by atoms with Crippen LogP contribution in [0.25, 0.3) is 0 Å². The normalized spacial score (nSPS) is 10.6. The van der Waals surface area contributed by atoms with E-state index in [0.717, 1.165) is 5.56 Å². The Morgan fingerprint density at radius 3 is 2.62 bits per heavy atom. The second kappa shape index (κ2) is 6.74. The smallest absolute Gasteiger partial charge is 0.224 e. The first-order chi connectivity index (χ1) is 7.72. The molecule has 0 radical (unpaired) electrons. The minimum Gasteiger partial charge on any atom is -0.352 e. The van der Waals surface area contributed by atoms with Crippen LogP contribution >= 0.6 is 0 Å². The largest absolute Gasteiger partial charge is 0.352 e. The second-order valence-corrected chi connectivity index (χ2v) is 3.31. The molecule has 1 aromatic rings. The van der Waals surface area contributed by atoms with E-state index in [1.165, 1.54) is 12.1 Å².